The molecule has 5 nitrogen and oxygen atoms in total. The second-order valence-electron chi connectivity index (χ2n) is 5.68. The average molecular weight is 321 g/mol. The first-order valence-corrected chi connectivity index (χ1v) is 9.77. The minimum atomic E-state index is -3.46. The maximum Gasteiger partial charge on any atom is 0.321 e. The van der Waals surface area contributed by atoms with Gasteiger partial charge in [-0.2, -0.15) is 0 Å². The molecule has 1 atom stereocenters. The molecule has 0 aliphatic rings. The van der Waals surface area contributed by atoms with E-state index in [1.54, 1.807) is 0 Å². The van der Waals surface area contributed by atoms with Gasteiger partial charge in [-0.1, -0.05) is 64.7 Å². The predicted octanol–water partition coefficient (Wildman–Crippen LogP) is 3.30. The normalized spacial score (nSPS) is 13.2. The summed E-state index contributed by atoms with van der Waals surface area (Å²) in [5.74, 6) is -1.14. The van der Waals surface area contributed by atoms with E-state index in [9.17, 15) is 13.2 Å². The van der Waals surface area contributed by atoms with Gasteiger partial charge < -0.3 is 5.11 Å². The van der Waals surface area contributed by atoms with E-state index in [1.165, 1.54) is 45.4 Å². The zero-order valence-corrected chi connectivity index (χ0v) is 14.3. The maximum atomic E-state index is 11.6. The van der Waals surface area contributed by atoms with Crippen LogP contribution in [0.15, 0.2) is 0 Å². The Morgan fingerprint density at radius 2 is 1.38 bits per heavy atom. The fourth-order valence-corrected chi connectivity index (χ4v) is 3.50. The number of aliphatic carboxylic acids is 1. The number of unbranched alkanes of at least 4 members (excludes halogenated alkanes) is 9. The molecule has 0 amide bonds. The first-order valence-electron chi connectivity index (χ1n) is 8.12. The van der Waals surface area contributed by atoms with Crippen molar-refractivity contribution in [1.29, 1.82) is 0 Å². The zero-order valence-electron chi connectivity index (χ0n) is 13.4. The number of carboxylic acids is 1. The van der Waals surface area contributed by atoms with Gasteiger partial charge in [0.2, 0.25) is 10.0 Å². The molecule has 21 heavy (non-hydrogen) atoms. The summed E-state index contributed by atoms with van der Waals surface area (Å²) in [6, 6.07) is -1.06. The summed E-state index contributed by atoms with van der Waals surface area (Å²) in [5.41, 5.74) is 0. The van der Waals surface area contributed by atoms with Crippen LogP contribution < -0.4 is 4.72 Å². The van der Waals surface area contributed by atoms with E-state index in [4.69, 9.17) is 5.11 Å². The lowest BCUT2D eigenvalue weighted by Crippen LogP contribution is -2.39. The number of hydrogen-bond donors (Lipinski definition) is 2. The van der Waals surface area contributed by atoms with Gasteiger partial charge in [0.15, 0.2) is 0 Å². The summed E-state index contributed by atoms with van der Waals surface area (Å²) in [7, 11) is -3.46. The van der Waals surface area contributed by atoms with Crippen molar-refractivity contribution >= 4 is 16.0 Å². The summed E-state index contributed by atoms with van der Waals surface area (Å²) in [4.78, 5) is 10.6. The van der Waals surface area contributed by atoms with Crippen molar-refractivity contribution in [2.24, 2.45) is 0 Å². The summed E-state index contributed by atoms with van der Waals surface area (Å²) in [5, 5.41) is 8.66. The molecule has 0 fully saturated rings. The maximum absolute atomic E-state index is 11.6. The molecule has 0 aliphatic heterocycles. The smallest absolute Gasteiger partial charge is 0.321 e. The van der Waals surface area contributed by atoms with Crippen LogP contribution in [0.1, 0.15) is 78.1 Å². The van der Waals surface area contributed by atoms with E-state index < -0.39 is 22.0 Å². The van der Waals surface area contributed by atoms with Crippen molar-refractivity contribution in [2.45, 2.75) is 84.1 Å². The highest BCUT2D eigenvalue weighted by Crippen LogP contribution is 2.10. The number of rotatable bonds is 14. The number of sulfonamides is 1. The lowest BCUT2D eigenvalue weighted by Gasteiger charge is -2.09. The fraction of sp³-hybridized carbons (Fsp3) is 0.933. The topological polar surface area (TPSA) is 83.5 Å². The van der Waals surface area contributed by atoms with Crippen molar-refractivity contribution in [1.82, 2.24) is 4.72 Å². The van der Waals surface area contributed by atoms with Crippen molar-refractivity contribution < 1.29 is 18.3 Å². The van der Waals surface area contributed by atoms with Gasteiger partial charge in [0.05, 0.1) is 5.75 Å². The molecule has 0 radical (unpaired) electrons. The third kappa shape index (κ3) is 12.8. The van der Waals surface area contributed by atoms with Gasteiger partial charge in [-0.05, 0) is 13.3 Å². The molecule has 126 valence electrons. The lowest BCUT2D eigenvalue weighted by atomic mass is 10.1. The zero-order chi connectivity index (χ0) is 16.1. The number of carbonyl (C=O) groups is 1. The molecule has 0 aliphatic carbocycles. The summed E-state index contributed by atoms with van der Waals surface area (Å²) in [6.45, 7) is 3.54. The third-order valence-corrected chi connectivity index (χ3v) is 5.03. The van der Waals surface area contributed by atoms with E-state index in [0.717, 1.165) is 19.3 Å². The highest BCUT2D eigenvalue weighted by atomic mass is 32.2. The standard InChI is InChI=1S/C15H31NO4S/c1-3-4-5-6-7-8-9-10-11-12-13-21(19,20)16-14(2)15(17)18/h14,16H,3-13H2,1-2H3,(H,17,18)/t14-/m0/s1. The summed E-state index contributed by atoms with van der Waals surface area (Å²) < 4.78 is 25.4. The second kappa shape index (κ2) is 12.0. The molecule has 0 spiro atoms. The van der Waals surface area contributed by atoms with Crippen LogP contribution in [-0.4, -0.2) is 31.3 Å². The molecule has 0 aromatic heterocycles. The Labute approximate surface area is 129 Å². The van der Waals surface area contributed by atoms with E-state index in [0.29, 0.717) is 6.42 Å². The average Bonchev–Trinajstić information content (AvgIpc) is 2.40. The van der Waals surface area contributed by atoms with Crippen LogP contribution >= 0.6 is 0 Å². The van der Waals surface area contributed by atoms with E-state index >= 15 is 0 Å². The van der Waals surface area contributed by atoms with Gasteiger partial charge in [0, 0.05) is 0 Å². The predicted molar refractivity (Wildman–Crippen MR) is 85.9 cm³/mol. The molecule has 0 bridgehead atoms. The second-order valence-corrected chi connectivity index (χ2v) is 7.55. The highest BCUT2D eigenvalue weighted by Gasteiger charge is 2.18. The van der Waals surface area contributed by atoms with Gasteiger partial charge in [-0.15, -0.1) is 0 Å². The van der Waals surface area contributed by atoms with Crippen LogP contribution in [0.25, 0.3) is 0 Å². The van der Waals surface area contributed by atoms with Crippen LogP contribution in [0.5, 0.6) is 0 Å². The van der Waals surface area contributed by atoms with Crippen molar-refractivity contribution in [3.63, 3.8) is 0 Å². The molecule has 0 aromatic carbocycles. The summed E-state index contributed by atoms with van der Waals surface area (Å²) >= 11 is 0. The SMILES string of the molecule is CCCCCCCCCCCCS(=O)(=O)N[C@@H](C)C(=O)O. The van der Waals surface area contributed by atoms with Gasteiger partial charge in [-0.3, -0.25) is 4.79 Å². The van der Waals surface area contributed by atoms with Gasteiger partial charge in [-0.25, -0.2) is 13.1 Å². The Balaban J connectivity index is 3.51. The molecular weight excluding hydrogens is 290 g/mol. The minimum Gasteiger partial charge on any atom is -0.480 e. The van der Waals surface area contributed by atoms with Crippen LogP contribution in [0.2, 0.25) is 0 Å². The van der Waals surface area contributed by atoms with Crippen molar-refractivity contribution in [3.05, 3.63) is 0 Å². The van der Waals surface area contributed by atoms with Crippen LogP contribution in [0, 0.1) is 0 Å². The number of nitrogens with one attached hydrogen (secondary N) is 1. The van der Waals surface area contributed by atoms with Crippen LogP contribution in [-0.2, 0) is 14.8 Å². The molecule has 0 saturated heterocycles. The third-order valence-electron chi connectivity index (χ3n) is 3.49. The van der Waals surface area contributed by atoms with Gasteiger partial charge in [0.25, 0.3) is 0 Å². The highest BCUT2D eigenvalue weighted by molar-refractivity contribution is 7.89. The Morgan fingerprint density at radius 1 is 0.952 bits per heavy atom. The Hall–Kier alpha value is -0.620. The van der Waals surface area contributed by atoms with Crippen LogP contribution in [0.4, 0.5) is 0 Å². The Kier molecular flexibility index (Phi) is 11.6. The minimum absolute atomic E-state index is 0.0150. The van der Waals surface area contributed by atoms with Gasteiger partial charge >= 0.3 is 5.97 Å². The molecule has 0 heterocycles. The Bertz CT molecular complexity index is 368. The lowest BCUT2D eigenvalue weighted by molar-refractivity contribution is -0.138. The molecule has 0 unspecified atom stereocenters. The molecule has 0 rings (SSSR count). The quantitative estimate of drug-likeness (QED) is 0.481. The van der Waals surface area contributed by atoms with E-state index in [1.807, 2.05) is 0 Å². The molecule has 0 aromatic rings. The molecule has 2 N–H and O–H groups in total. The first kappa shape index (κ1) is 20.4. The van der Waals surface area contributed by atoms with Gasteiger partial charge in [0.1, 0.15) is 6.04 Å². The first-order chi connectivity index (χ1) is 9.89. The largest absolute Gasteiger partial charge is 0.480 e. The monoisotopic (exact) mass is 321 g/mol. The summed E-state index contributed by atoms with van der Waals surface area (Å²) in [6.07, 6.45) is 11.4. The number of carboxylic acid groups (broad SMARTS) is 1. The van der Waals surface area contributed by atoms with Crippen LogP contribution in [0.3, 0.4) is 0 Å². The fourth-order valence-electron chi connectivity index (χ4n) is 2.16. The number of hydrogen-bond acceptors (Lipinski definition) is 3. The van der Waals surface area contributed by atoms with Crippen molar-refractivity contribution in [3.8, 4) is 0 Å². The molecular formula is C15H31NO4S. The Morgan fingerprint density at radius 3 is 1.81 bits per heavy atom. The molecule has 0 saturated carbocycles. The van der Waals surface area contributed by atoms with E-state index in [-0.39, 0.29) is 5.75 Å². The van der Waals surface area contributed by atoms with E-state index in [2.05, 4.69) is 11.6 Å². The molecule has 6 heteroatoms. The van der Waals surface area contributed by atoms with Crippen molar-refractivity contribution in [2.75, 3.05) is 5.75 Å².